The smallest absolute Gasteiger partial charge is 0.170 e. The molecule has 0 aliphatic carbocycles. The number of carbonyl (C=O) groups excluding carboxylic acids is 1. The third-order valence-corrected chi connectivity index (χ3v) is 1.95. The van der Waals surface area contributed by atoms with Crippen molar-refractivity contribution in [2.75, 3.05) is 6.54 Å². The highest BCUT2D eigenvalue weighted by atomic mass is 35.5. The maximum atomic E-state index is 10.4. The SMILES string of the molecule is Cl.O=Cc1n[nH]c2c1CCNC2. The largest absolute Gasteiger partial charge is 0.311 e. The Balaban J connectivity index is 0.000000720. The molecular weight excluding hydrogens is 178 g/mol. The monoisotopic (exact) mass is 187 g/mol. The van der Waals surface area contributed by atoms with E-state index in [0.29, 0.717) is 5.69 Å². The van der Waals surface area contributed by atoms with Crippen LogP contribution in [-0.2, 0) is 13.0 Å². The van der Waals surface area contributed by atoms with E-state index in [-0.39, 0.29) is 12.4 Å². The molecule has 0 aromatic carbocycles. The third kappa shape index (κ3) is 1.35. The molecular formula is C7H10ClN3O. The molecule has 1 aromatic rings. The predicted octanol–water partition coefficient (Wildman–Crippen LogP) is 0.290. The Hall–Kier alpha value is -0.870. The Morgan fingerprint density at radius 2 is 2.33 bits per heavy atom. The van der Waals surface area contributed by atoms with E-state index in [1.807, 2.05) is 0 Å². The molecule has 5 heteroatoms. The van der Waals surface area contributed by atoms with Crippen LogP contribution in [0.25, 0.3) is 0 Å². The Labute approximate surface area is 76.1 Å². The van der Waals surface area contributed by atoms with Gasteiger partial charge in [-0.1, -0.05) is 0 Å². The zero-order valence-corrected chi connectivity index (χ0v) is 7.28. The summed E-state index contributed by atoms with van der Waals surface area (Å²) >= 11 is 0. The van der Waals surface area contributed by atoms with Crippen LogP contribution in [0.15, 0.2) is 0 Å². The molecule has 66 valence electrons. The van der Waals surface area contributed by atoms with Crippen LogP contribution >= 0.6 is 12.4 Å². The van der Waals surface area contributed by atoms with Crippen LogP contribution in [0.3, 0.4) is 0 Å². The Morgan fingerprint density at radius 3 is 3.08 bits per heavy atom. The fourth-order valence-electron chi connectivity index (χ4n) is 1.37. The number of nitrogens with one attached hydrogen (secondary N) is 2. The molecule has 0 fully saturated rings. The number of H-pyrrole nitrogens is 1. The molecule has 2 heterocycles. The lowest BCUT2D eigenvalue weighted by atomic mass is 10.1. The van der Waals surface area contributed by atoms with E-state index < -0.39 is 0 Å². The van der Waals surface area contributed by atoms with Crippen LogP contribution in [0.5, 0.6) is 0 Å². The van der Waals surface area contributed by atoms with Crippen molar-refractivity contribution < 1.29 is 4.79 Å². The minimum absolute atomic E-state index is 0. The average Bonchev–Trinajstić information content (AvgIpc) is 2.47. The first-order valence-corrected chi connectivity index (χ1v) is 3.64. The van der Waals surface area contributed by atoms with Gasteiger partial charge in [0.15, 0.2) is 6.29 Å². The number of rotatable bonds is 1. The fraction of sp³-hybridized carbons (Fsp3) is 0.429. The summed E-state index contributed by atoms with van der Waals surface area (Å²) in [5.41, 5.74) is 2.71. The quantitative estimate of drug-likeness (QED) is 0.622. The maximum absolute atomic E-state index is 10.4. The van der Waals surface area contributed by atoms with Gasteiger partial charge in [0, 0.05) is 12.1 Å². The second kappa shape index (κ2) is 3.69. The van der Waals surface area contributed by atoms with Crippen molar-refractivity contribution in [3.05, 3.63) is 17.0 Å². The highest BCUT2D eigenvalue weighted by Gasteiger charge is 2.14. The van der Waals surface area contributed by atoms with Crippen LogP contribution in [0.2, 0.25) is 0 Å². The lowest BCUT2D eigenvalue weighted by Crippen LogP contribution is -2.23. The summed E-state index contributed by atoms with van der Waals surface area (Å²) < 4.78 is 0. The van der Waals surface area contributed by atoms with E-state index >= 15 is 0 Å². The van der Waals surface area contributed by atoms with Crippen molar-refractivity contribution in [1.29, 1.82) is 0 Å². The molecule has 2 N–H and O–H groups in total. The van der Waals surface area contributed by atoms with Gasteiger partial charge in [0.2, 0.25) is 0 Å². The standard InChI is InChI=1S/C7H9N3O.ClH/c11-4-7-5-1-2-8-3-6(5)9-10-7;/h4,8H,1-3H2,(H,9,10);1H. The fourth-order valence-corrected chi connectivity index (χ4v) is 1.37. The van der Waals surface area contributed by atoms with Crippen LogP contribution in [0.1, 0.15) is 21.7 Å². The first-order chi connectivity index (χ1) is 5.42. The molecule has 1 aliphatic heterocycles. The molecule has 4 nitrogen and oxygen atoms in total. The minimum Gasteiger partial charge on any atom is -0.311 e. The number of halogens is 1. The second-order valence-corrected chi connectivity index (χ2v) is 2.61. The third-order valence-electron chi connectivity index (χ3n) is 1.95. The molecule has 1 aliphatic rings. The van der Waals surface area contributed by atoms with Gasteiger partial charge >= 0.3 is 0 Å². The van der Waals surface area contributed by atoms with Crippen LogP contribution in [-0.4, -0.2) is 23.0 Å². The molecule has 12 heavy (non-hydrogen) atoms. The van der Waals surface area contributed by atoms with E-state index in [2.05, 4.69) is 15.5 Å². The first kappa shape index (κ1) is 9.22. The summed E-state index contributed by atoms with van der Waals surface area (Å²) in [5, 5.41) is 9.91. The topological polar surface area (TPSA) is 57.8 Å². The number of hydrogen-bond donors (Lipinski definition) is 2. The summed E-state index contributed by atoms with van der Waals surface area (Å²) in [6, 6.07) is 0. The van der Waals surface area contributed by atoms with Crippen molar-refractivity contribution in [1.82, 2.24) is 15.5 Å². The van der Waals surface area contributed by atoms with Gasteiger partial charge in [0.25, 0.3) is 0 Å². The lowest BCUT2D eigenvalue weighted by molar-refractivity contribution is 0.111. The van der Waals surface area contributed by atoms with Crippen molar-refractivity contribution in [2.24, 2.45) is 0 Å². The van der Waals surface area contributed by atoms with E-state index in [0.717, 1.165) is 37.1 Å². The molecule has 2 rings (SSSR count). The molecule has 0 saturated carbocycles. The van der Waals surface area contributed by atoms with E-state index in [9.17, 15) is 4.79 Å². The number of nitrogens with zero attached hydrogens (tertiary/aromatic N) is 1. The summed E-state index contributed by atoms with van der Waals surface area (Å²) in [6.45, 7) is 1.74. The molecule has 0 bridgehead atoms. The van der Waals surface area contributed by atoms with Gasteiger partial charge in [-0.05, 0) is 13.0 Å². The molecule has 1 aromatic heterocycles. The van der Waals surface area contributed by atoms with E-state index in [1.54, 1.807) is 0 Å². The lowest BCUT2D eigenvalue weighted by Gasteiger charge is -2.11. The van der Waals surface area contributed by atoms with Gasteiger partial charge in [0.05, 0.1) is 5.69 Å². The number of hydrogen-bond acceptors (Lipinski definition) is 3. The van der Waals surface area contributed by atoms with Gasteiger partial charge in [-0.2, -0.15) is 5.10 Å². The highest BCUT2D eigenvalue weighted by Crippen LogP contribution is 2.12. The van der Waals surface area contributed by atoms with Crippen molar-refractivity contribution >= 4 is 18.7 Å². The molecule has 0 unspecified atom stereocenters. The predicted molar refractivity (Wildman–Crippen MR) is 46.6 cm³/mol. The van der Waals surface area contributed by atoms with Gasteiger partial charge in [-0.15, -0.1) is 12.4 Å². The van der Waals surface area contributed by atoms with E-state index in [1.165, 1.54) is 0 Å². The number of aromatic nitrogens is 2. The van der Waals surface area contributed by atoms with Crippen molar-refractivity contribution in [3.8, 4) is 0 Å². The Bertz CT molecular complexity index is 284. The molecule has 0 radical (unpaired) electrons. The van der Waals surface area contributed by atoms with Gasteiger partial charge in [0.1, 0.15) is 5.69 Å². The van der Waals surface area contributed by atoms with Crippen LogP contribution in [0, 0.1) is 0 Å². The van der Waals surface area contributed by atoms with Crippen molar-refractivity contribution in [2.45, 2.75) is 13.0 Å². The van der Waals surface area contributed by atoms with Crippen molar-refractivity contribution in [3.63, 3.8) is 0 Å². The maximum Gasteiger partial charge on any atom is 0.170 e. The van der Waals surface area contributed by atoms with Gasteiger partial charge in [-0.25, -0.2) is 0 Å². The number of carbonyl (C=O) groups is 1. The van der Waals surface area contributed by atoms with E-state index in [4.69, 9.17) is 0 Å². The molecule has 0 saturated heterocycles. The molecule has 0 amide bonds. The van der Waals surface area contributed by atoms with Gasteiger partial charge < -0.3 is 5.32 Å². The highest BCUT2D eigenvalue weighted by molar-refractivity contribution is 5.85. The number of fused-ring (bicyclic) bond motifs is 1. The average molecular weight is 188 g/mol. The Kier molecular flexibility index (Phi) is 2.83. The molecule has 0 spiro atoms. The first-order valence-electron chi connectivity index (χ1n) is 3.64. The second-order valence-electron chi connectivity index (χ2n) is 2.61. The van der Waals surface area contributed by atoms with Crippen LogP contribution < -0.4 is 5.32 Å². The summed E-state index contributed by atoms with van der Waals surface area (Å²) in [4.78, 5) is 10.4. The zero-order chi connectivity index (χ0) is 7.68. The van der Waals surface area contributed by atoms with Crippen LogP contribution in [0.4, 0.5) is 0 Å². The Morgan fingerprint density at radius 1 is 1.50 bits per heavy atom. The summed E-state index contributed by atoms with van der Waals surface area (Å²) in [6.07, 6.45) is 1.71. The summed E-state index contributed by atoms with van der Waals surface area (Å²) in [7, 11) is 0. The summed E-state index contributed by atoms with van der Waals surface area (Å²) in [5.74, 6) is 0. The number of aromatic amines is 1. The zero-order valence-electron chi connectivity index (χ0n) is 6.46. The number of aldehydes is 1. The normalized spacial score (nSPS) is 14.7. The minimum atomic E-state index is 0. The molecule has 0 atom stereocenters. The van der Waals surface area contributed by atoms with Gasteiger partial charge in [-0.3, -0.25) is 9.89 Å².